The third kappa shape index (κ3) is 9.87. The summed E-state index contributed by atoms with van der Waals surface area (Å²) in [5.74, 6) is -0.284. The summed E-state index contributed by atoms with van der Waals surface area (Å²) in [4.78, 5) is 21.4. The van der Waals surface area contributed by atoms with Gasteiger partial charge in [0.15, 0.2) is 11.5 Å². The molecule has 0 saturated heterocycles. The molecule has 0 bridgehead atoms. The molecule has 0 aliphatic rings. The second kappa shape index (κ2) is 11.9. The number of hydrogen-bond donors (Lipinski definition) is 4. The molecule has 0 saturated carbocycles. The fourth-order valence-corrected chi connectivity index (χ4v) is 1.95. The normalized spacial score (nSPS) is 11.1. The van der Waals surface area contributed by atoms with Crippen LogP contribution in [0.3, 0.4) is 0 Å². The average Bonchev–Trinajstić information content (AvgIpc) is 2.51. The number of carbonyl (C=O) groups is 2. The Balaban J connectivity index is 0.000000841. The summed E-state index contributed by atoms with van der Waals surface area (Å²) in [6.45, 7) is 4.39. The van der Waals surface area contributed by atoms with Gasteiger partial charge in [0.2, 0.25) is 5.91 Å². The van der Waals surface area contributed by atoms with E-state index >= 15 is 0 Å². The topological polar surface area (TPSA) is 113 Å². The lowest BCUT2D eigenvalue weighted by atomic mass is 10.1. The Hall–Kier alpha value is -1.65. The van der Waals surface area contributed by atoms with Crippen LogP contribution < -0.4 is 11.1 Å². The van der Waals surface area contributed by atoms with E-state index in [-0.39, 0.29) is 35.4 Å². The predicted molar refractivity (Wildman–Crippen MR) is 94.6 cm³/mol. The van der Waals surface area contributed by atoms with Crippen LogP contribution in [0.25, 0.3) is 0 Å². The monoisotopic (exact) mass is 342 g/mol. The third-order valence-corrected chi connectivity index (χ3v) is 3.49. The van der Waals surface area contributed by atoms with Crippen molar-refractivity contribution in [3.8, 4) is 11.5 Å². The van der Waals surface area contributed by atoms with Crippen LogP contribution >= 0.6 is 9.24 Å². The first kappa shape index (κ1) is 21.4. The smallest absolute Gasteiger partial charge is 0.227 e. The van der Waals surface area contributed by atoms with E-state index < -0.39 is 0 Å². The van der Waals surface area contributed by atoms with Gasteiger partial charge in [0.1, 0.15) is 5.78 Å². The van der Waals surface area contributed by atoms with Crippen molar-refractivity contribution in [1.82, 2.24) is 5.32 Å². The van der Waals surface area contributed by atoms with Crippen molar-refractivity contribution in [1.29, 1.82) is 0 Å². The van der Waals surface area contributed by atoms with Crippen molar-refractivity contribution in [3.05, 3.63) is 23.8 Å². The number of nitrogens with two attached hydrogens (primary N) is 1. The lowest BCUT2D eigenvalue weighted by Gasteiger charge is -2.12. The van der Waals surface area contributed by atoms with Crippen molar-refractivity contribution in [2.45, 2.75) is 38.8 Å². The maximum absolute atomic E-state index is 11.7. The van der Waals surface area contributed by atoms with Gasteiger partial charge in [-0.3, -0.25) is 9.59 Å². The molecular weight excluding hydrogens is 315 g/mol. The lowest BCUT2D eigenvalue weighted by molar-refractivity contribution is -0.120. The summed E-state index contributed by atoms with van der Waals surface area (Å²) in [6, 6.07) is 4.61. The van der Waals surface area contributed by atoms with Gasteiger partial charge in [0, 0.05) is 6.54 Å². The van der Waals surface area contributed by atoms with Gasteiger partial charge in [-0.15, -0.1) is 9.24 Å². The molecule has 0 fully saturated rings. The van der Waals surface area contributed by atoms with E-state index in [4.69, 9.17) is 5.73 Å². The minimum Gasteiger partial charge on any atom is -0.504 e. The number of phenolic OH excluding ortho intramolecular Hbond substituents is 2. The van der Waals surface area contributed by atoms with Crippen molar-refractivity contribution in [2.75, 3.05) is 13.1 Å². The third-order valence-electron chi connectivity index (χ3n) is 2.95. The fraction of sp³-hybridized carbons (Fsp3) is 0.500. The molecule has 0 spiro atoms. The number of aromatic hydroxyl groups is 2. The molecule has 1 rings (SSSR count). The Kier molecular flexibility index (Phi) is 11.0. The van der Waals surface area contributed by atoms with E-state index in [0.29, 0.717) is 13.0 Å². The molecule has 2 unspecified atom stereocenters. The summed E-state index contributed by atoms with van der Waals surface area (Å²) in [6.07, 6.45) is 2.53. The van der Waals surface area contributed by atoms with Crippen molar-refractivity contribution >= 4 is 20.9 Å². The first-order valence-corrected chi connectivity index (χ1v) is 8.22. The van der Waals surface area contributed by atoms with Crippen molar-refractivity contribution < 1.29 is 19.8 Å². The molecule has 0 heterocycles. The highest BCUT2D eigenvalue weighted by Gasteiger charge is 2.13. The minimum atomic E-state index is -0.231. The Morgan fingerprint density at radius 3 is 2.39 bits per heavy atom. The molecule has 2 atom stereocenters. The van der Waals surface area contributed by atoms with Crippen LogP contribution in [-0.4, -0.2) is 40.7 Å². The second-order valence-corrected chi connectivity index (χ2v) is 5.99. The number of ketones is 1. The molecule has 0 aliphatic heterocycles. The number of unbranched alkanes of at least 4 members (excludes halogenated alkanes) is 1. The molecule has 1 aromatic rings. The van der Waals surface area contributed by atoms with E-state index in [1.165, 1.54) is 19.1 Å². The SMILES string of the molecule is CC(=O)CN.CCCCNC(=O)C(P)Cc1ccc(O)c(O)c1. The number of amides is 1. The molecule has 0 aromatic heterocycles. The van der Waals surface area contributed by atoms with Gasteiger partial charge in [-0.25, -0.2) is 0 Å². The number of carbonyl (C=O) groups excluding carboxylic acids is 2. The first-order chi connectivity index (χ1) is 10.8. The van der Waals surface area contributed by atoms with Crippen LogP contribution in [0.5, 0.6) is 11.5 Å². The van der Waals surface area contributed by atoms with E-state index in [2.05, 4.69) is 21.5 Å². The highest BCUT2D eigenvalue weighted by atomic mass is 31.0. The number of Topliss-reactive ketones (excluding diaryl/α,β-unsaturated/α-hetero) is 1. The van der Waals surface area contributed by atoms with Gasteiger partial charge in [-0.2, -0.15) is 0 Å². The average molecular weight is 342 g/mol. The number of rotatable bonds is 7. The Labute approximate surface area is 139 Å². The van der Waals surface area contributed by atoms with Gasteiger partial charge >= 0.3 is 0 Å². The standard InChI is InChI=1S/C13H20NO3P.C3H7NO/c1-2-3-6-14-13(17)12(18)8-9-4-5-10(15)11(16)7-9;1-3(5)2-4/h4-5,7,12,15-16H,2-3,6,8,18H2,1H3,(H,14,17);2,4H2,1H3. The molecule has 23 heavy (non-hydrogen) atoms. The van der Waals surface area contributed by atoms with Gasteiger partial charge in [0.05, 0.1) is 12.2 Å². The second-order valence-electron chi connectivity index (χ2n) is 5.18. The zero-order valence-corrected chi connectivity index (χ0v) is 14.9. The number of nitrogens with one attached hydrogen (secondary N) is 1. The zero-order chi connectivity index (χ0) is 17.8. The molecule has 6 nitrogen and oxygen atoms in total. The van der Waals surface area contributed by atoms with Crippen LogP contribution in [0.4, 0.5) is 0 Å². The molecule has 7 heteroatoms. The number of phenols is 2. The number of hydrogen-bond acceptors (Lipinski definition) is 5. The summed E-state index contributed by atoms with van der Waals surface area (Å²) >= 11 is 0. The zero-order valence-electron chi connectivity index (χ0n) is 13.7. The largest absolute Gasteiger partial charge is 0.504 e. The van der Waals surface area contributed by atoms with Crippen molar-refractivity contribution in [2.24, 2.45) is 5.73 Å². The lowest BCUT2D eigenvalue weighted by Crippen LogP contribution is -2.32. The van der Waals surface area contributed by atoms with Gasteiger partial charge in [-0.1, -0.05) is 19.4 Å². The quantitative estimate of drug-likeness (QED) is 0.339. The maximum Gasteiger partial charge on any atom is 0.227 e. The van der Waals surface area contributed by atoms with Gasteiger partial charge in [-0.05, 0) is 37.5 Å². The fourth-order valence-electron chi connectivity index (χ4n) is 1.56. The van der Waals surface area contributed by atoms with Gasteiger partial charge in [0.25, 0.3) is 0 Å². The molecule has 1 aromatic carbocycles. The molecule has 130 valence electrons. The van der Waals surface area contributed by atoms with Crippen LogP contribution in [0.15, 0.2) is 18.2 Å². The summed E-state index contributed by atoms with van der Waals surface area (Å²) in [7, 11) is 2.50. The van der Waals surface area contributed by atoms with E-state index in [1.54, 1.807) is 6.07 Å². The van der Waals surface area contributed by atoms with Crippen LogP contribution in [0, 0.1) is 0 Å². The Bertz CT molecular complexity index is 509. The van der Waals surface area contributed by atoms with E-state index in [0.717, 1.165) is 18.4 Å². The van der Waals surface area contributed by atoms with Crippen LogP contribution in [-0.2, 0) is 16.0 Å². The Morgan fingerprint density at radius 1 is 1.30 bits per heavy atom. The van der Waals surface area contributed by atoms with E-state index in [9.17, 15) is 19.8 Å². The first-order valence-electron chi connectivity index (χ1n) is 7.55. The highest BCUT2D eigenvalue weighted by molar-refractivity contribution is 7.19. The van der Waals surface area contributed by atoms with Crippen LogP contribution in [0.1, 0.15) is 32.3 Å². The molecule has 1 amide bonds. The molecule has 0 aliphatic carbocycles. The summed E-state index contributed by atoms with van der Waals surface area (Å²) in [5.41, 5.74) is 5.41. The highest BCUT2D eigenvalue weighted by Crippen LogP contribution is 2.26. The predicted octanol–water partition coefficient (Wildman–Crippen LogP) is 1.33. The molecule has 5 N–H and O–H groups in total. The summed E-state index contributed by atoms with van der Waals surface area (Å²) in [5, 5.41) is 21.4. The summed E-state index contributed by atoms with van der Waals surface area (Å²) < 4.78 is 0. The number of benzene rings is 1. The van der Waals surface area contributed by atoms with Gasteiger partial charge < -0.3 is 21.3 Å². The Morgan fingerprint density at radius 2 is 1.91 bits per heavy atom. The van der Waals surface area contributed by atoms with E-state index in [1.807, 2.05) is 0 Å². The minimum absolute atomic E-state index is 0.0129. The van der Waals surface area contributed by atoms with Crippen LogP contribution in [0.2, 0.25) is 0 Å². The molecular formula is C16H27N2O4P. The molecule has 0 radical (unpaired) electrons. The van der Waals surface area contributed by atoms with Crippen molar-refractivity contribution in [3.63, 3.8) is 0 Å². The maximum atomic E-state index is 11.7.